The molecule has 0 saturated carbocycles. The van der Waals surface area contributed by atoms with E-state index < -0.39 is 17.2 Å². The van der Waals surface area contributed by atoms with Crippen LogP contribution in [0.2, 0.25) is 0 Å². The fourth-order valence-corrected chi connectivity index (χ4v) is 3.02. The van der Waals surface area contributed by atoms with Crippen molar-refractivity contribution in [3.8, 4) is 0 Å². The summed E-state index contributed by atoms with van der Waals surface area (Å²) in [6, 6.07) is 16.9. The monoisotopic (exact) mass is 408 g/mol. The minimum atomic E-state index is -1.43. The predicted molar refractivity (Wildman–Crippen MR) is 93.8 cm³/mol. The molecule has 22 heavy (non-hydrogen) atoms. The quantitative estimate of drug-likeness (QED) is 0.566. The molecule has 2 aromatic carbocycles. The Hall–Kier alpha value is -1.89. The third kappa shape index (κ3) is 3.47. The van der Waals surface area contributed by atoms with Crippen LogP contribution in [0.4, 0.5) is 0 Å². The number of nitrogens with two attached hydrogens (primary N) is 2. The summed E-state index contributed by atoms with van der Waals surface area (Å²) in [6.45, 7) is 0. The Morgan fingerprint density at radius 2 is 1.41 bits per heavy atom. The molecular weight excluding hydrogens is 391 g/mol. The lowest BCUT2D eigenvalue weighted by Gasteiger charge is -2.28. The predicted octanol–water partition coefficient (Wildman–Crippen LogP) is 2.03. The van der Waals surface area contributed by atoms with Crippen LogP contribution >= 0.6 is 22.6 Å². The highest BCUT2D eigenvalue weighted by Crippen LogP contribution is 2.29. The van der Waals surface area contributed by atoms with Crippen molar-refractivity contribution in [2.75, 3.05) is 0 Å². The lowest BCUT2D eigenvalue weighted by Crippen LogP contribution is -2.51. The average molecular weight is 408 g/mol. The van der Waals surface area contributed by atoms with Crippen LogP contribution in [0.1, 0.15) is 11.1 Å². The van der Waals surface area contributed by atoms with Gasteiger partial charge in [-0.1, -0.05) is 48.5 Å². The van der Waals surface area contributed by atoms with Crippen LogP contribution < -0.4 is 11.5 Å². The van der Waals surface area contributed by atoms with Crippen LogP contribution in [0.3, 0.4) is 0 Å². The third-order valence-corrected chi connectivity index (χ3v) is 4.79. The molecule has 0 bridgehead atoms. The highest BCUT2D eigenvalue weighted by Gasteiger charge is 2.43. The van der Waals surface area contributed by atoms with E-state index in [0.29, 0.717) is 0 Å². The molecule has 0 unspecified atom stereocenters. The van der Waals surface area contributed by atoms with Gasteiger partial charge >= 0.3 is 0 Å². The van der Waals surface area contributed by atoms with Gasteiger partial charge in [0, 0.05) is 3.57 Å². The van der Waals surface area contributed by atoms with Crippen molar-refractivity contribution in [3.05, 3.63) is 69.3 Å². The Balaban J connectivity index is 2.44. The van der Waals surface area contributed by atoms with Gasteiger partial charge < -0.3 is 11.5 Å². The summed E-state index contributed by atoms with van der Waals surface area (Å²) >= 11 is 2.17. The third-order valence-electron chi connectivity index (χ3n) is 3.74. The molecule has 0 atom stereocenters. The van der Waals surface area contributed by atoms with Crippen LogP contribution in [-0.4, -0.2) is 11.8 Å². The normalized spacial score (nSPS) is 11.1. The highest BCUT2D eigenvalue weighted by atomic mass is 127. The van der Waals surface area contributed by atoms with E-state index >= 15 is 0 Å². The van der Waals surface area contributed by atoms with E-state index in [0.717, 1.165) is 14.7 Å². The van der Waals surface area contributed by atoms with Crippen molar-refractivity contribution in [2.24, 2.45) is 16.9 Å². The van der Waals surface area contributed by atoms with Gasteiger partial charge in [0.15, 0.2) is 0 Å². The summed E-state index contributed by atoms with van der Waals surface area (Å²) in [6.07, 6.45) is 0.398. The second kappa shape index (κ2) is 6.91. The molecule has 0 aliphatic heterocycles. The Morgan fingerprint density at radius 3 is 1.95 bits per heavy atom. The average Bonchev–Trinajstić information content (AvgIpc) is 2.49. The topological polar surface area (TPSA) is 86.2 Å². The number of carbonyl (C=O) groups excluding carboxylic acids is 2. The molecule has 2 amide bonds. The van der Waals surface area contributed by atoms with E-state index in [2.05, 4.69) is 22.6 Å². The molecule has 4 nitrogen and oxygen atoms in total. The molecule has 0 fully saturated rings. The maximum atomic E-state index is 12.1. The number of hydrogen-bond donors (Lipinski definition) is 2. The Bertz CT molecular complexity index is 672. The first-order valence-corrected chi connectivity index (χ1v) is 7.91. The van der Waals surface area contributed by atoms with E-state index in [9.17, 15) is 9.59 Å². The van der Waals surface area contributed by atoms with Gasteiger partial charge in [0.05, 0.1) is 0 Å². The molecule has 2 aromatic rings. The minimum absolute atomic E-state index is 0.198. The Morgan fingerprint density at radius 1 is 0.864 bits per heavy atom. The molecule has 0 aromatic heterocycles. The summed E-state index contributed by atoms with van der Waals surface area (Å²) in [5.41, 5.74) is 11.5. The molecule has 5 heteroatoms. The second-order valence-corrected chi connectivity index (χ2v) is 6.40. The SMILES string of the molecule is NC(=O)C(Cc1ccccc1)(Cc1ccccc1I)C(N)=O. The van der Waals surface area contributed by atoms with E-state index in [1.165, 1.54) is 0 Å². The molecule has 0 radical (unpaired) electrons. The number of benzene rings is 2. The van der Waals surface area contributed by atoms with Gasteiger partial charge in [0.25, 0.3) is 0 Å². The van der Waals surface area contributed by atoms with E-state index in [4.69, 9.17) is 11.5 Å². The van der Waals surface area contributed by atoms with Gasteiger partial charge in [-0.3, -0.25) is 9.59 Å². The molecule has 0 heterocycles. The van der Waals surface area contributed by atoms with Gasteiger partial charge in [0.2, 0.25) is 11.8 Å². The molecule has 0 aliphatic carbocycles. The number of halogens is 1. The summed E-state index contributed by atoms with van der Waals surface area (Å²) < 4.78 is 0.972. The summed E-state index contributed by atoms with van der Waals surface area (Å²) in [4.78, 5) is 24.2. The molecular formula is C17H17IN2O2. The second-order valence-electron chi connectivity index (χ2n) is 5.24. The molecule has 0 spiro atoms. The zero-order valence-corrected chi connectivity index (χ0v) is 14.1. The van der Waals surface area contributed by atoms with Gasteiger partial charge in [0.1, 0.15) is 5.41 Å². The van der Waals surface area contributed by atoms with E-state index in [-0.39, 0.29) is 12.8 Å². The number of carbonyl (C=O) groups is 2. The largest absolute Gasteiger partial charge is 0.369 e. The maximum Gasteiger partial charge on any atom is 0.233 e. The van der Waals surface area contributed by atoms with Gasteiger partial charge in [-0.15, -0.1) is 0 Å². The highest BCUT2D eigenvalue weighted by molar-refractivity contribution is 14.1. The fourth-order valence-electron chi connectivity index (χ4n) is 2.44. The van der Waals surface area contributed by atoms with Gasteiger partial charge in [-0.2, -0.15) is 0 Å². The maximum absolute atomic E-state index is 12.1. The standard InChI is InChI=1S/C17H17IN2O2/c18-14-9-5-4-8-13(14)11-17(15(19)21,16(20)22)10-12-6-2-1-3-7-12/h1-9H,10-11H2,(H2,19,21)(H2,20,22). The number of hydrogen-bond acceptors (Lipinski definition) is 2. The first kappa shape index (κ1) is 16.5. The fraction of sp³-hybridized carbons (Fsp3) is 0.176. The van der Waals surface area contributed by atoms with Gasteiger partial charge in [-0.25, -0.2) is 0 Å². The van der Waals surface area contributed by atoms with Crippen LogP contribution in [0.25, 0.3) is 0 Å². The number of rotatable bonds is 6. The number of primary amides is 2. The molecule has 4 N–H and O–H groups in total. The van der Waals surface area contributed by atoms with E-state index in [1.807, 2.05) is 54.6 Å². The van der Waals surface area contributed by atoms with Crippen molar-refractivity contribution in [2.45, 2.75) is 12.8 Å². The first-order valence-electron chi connectivity index (χ1n) is 6.83. The molecule has 0 saturated heterocycles. The summed E-state index contributed by atoms with van der Waals surface area (Å²) in [7, 11) is 0. The van der Waals surface area contributed by atoms with Crippen molar-refractivity contribution >= 4 is 34.4 Å². The van der Waals surface area contributed by atoms with Crippen molar-refractivity contribution in [1.82, 2.24) is 0 Å². The van der Waals surface area contributed by atoms with E-state index in [1.54, 1.807) is 0 Å². The number of amides is 2. The zero-order chi connectivity index (χ0) is 16.2. The lowest BCUT2D eigenvalue weighted by molar-refractivity contribution is -0.139. The summed E-state index contributed by atoms with van der Waals surface area (Å²) in [5, 5.41) is 0. The van der Waals surface area contributed by atoms with Crippen LogP contribution in [-0.2, 0) is 22.4 Å². The molecule has 114 valence electrons. The van der Waals surface area contributed by atoms with Crippen molar-refractivity contribution < 1.29 is 9.59 Å². The first-order chi connectivity index (χ1) is 10.5. The lowest BCUT2D eigenvalue weighted by atomic mass is 9.75. The van der Waals surface area contributed by atoms with Crippen LogP contribution in [0, 0.1) is 8.99 Å². The van der Waals surface area contributed by atoms with Crippen molar-refractivity contribution in [3.63, 3.8) is 0 Å². The minimum Gasteiger partial charge on any atom is -0.369 e. The Labute approximate surface area is 143 Å². The Kier molecular flexibility index (Phi) is 5.18. The van der Waals surface area contributed by atoms with Crippen LogP contribution in [0.5, 0.6) is 0 Å². The zero-order valence-electron chi connectivity index (χ0n) is 12.0. The molecule has 0 aliphatic rings. The smallest absolute Gasteiger partial charge is 0.233 e. The van der Waals surface area contributed by atoms with Crippen LogP contribution in [0.15, 0.2) is 54.6 Å². The van der Waals surface area contributed by atoms with Crippen molar-refractivity contribution in [1.29, 1.82) is 0 Å². The summed E-state index contributed by atoms with van der Waals surface area (Å²) in [5.74, 6) is -1.38. The molecule has 2 rings (SSSR count). The van der Waals surface area contributed by atoms with Gasteiger partial charge in [-0.05, 0) is 52.6 Å².